The van der Waals surface area contributed by atoms with Gasteiger partial charge in [0.2, 0.25) is 0 Å². The van der Waals surface area contributed by atoms with E-state index in [4.69, 9.17) is 14.7 Å². The van der Waals surface area contributed by atoms with Crippen LogP contribution in [0.3, 0.4) is 0 Å². The molecule has 0 heterocycles. The molecule has 0 unspecified atom stereocenters. The molecule has 0 aromatic carbocycles. The van der Waals surface area contributed by atoms with Crippen molar-refractivity contribution < 1.29 is 14.7 Å². The number of hydrogen-bond donors (Lipinski definition) is 3. The van der Waals surface area contributed by atoms with Gasteiger partial charge in [-0.25, -0.2) is 0 Å². The van der Waals surface area contributed by atoms with Crippen molar-refractivity contribution in [3.05, 3.63) is 25.3 Å². The van der Waals surface area contributed by atoms with Gasteiger partial charge in [-0.15, -0.1) is 12.4 Å². The van der Waals surface area contributed by atoms with Gasteiger partial charge in [-0.2, -0.15) is 0 Å². The first-order valence-corrected chi connectivity index (χ1v) is 5.33. The summed E-state index contributed by atoms with van der Waals surface area (Å²) in [7, 11) is -4.40. The SMILES string of the molecule is C=CCP(O)(O)(O)CC=C.Cl. The van der Waals surface area contributed by atoms with Gasteiger partial charge in [0, 0.05) is 0 Å². The van der Waals surface area contributed by atoms with Crippen LogP contribution in [0.2, 0.25) is 0 Å². The number of allylic oxidation sites excluding steroid dienone is 2. The van der Waals surface area contributed by atoms with Crippen molar-refractivity contribution >= 4 is 19.7 Å². The van der Waals surface area contributed by atoms with Crippen molar-refractivity contribution in [1.29, 1.82) is 0 Å². The van der Waals surface area contributed by atoms with Crippen LogP contribution in [0.25, 0.3) is 0 Å². The molecule has 0 radical (unpaired) electrons. The van der Waals surface area contributed by atoms with Gasteiger partial charge >= 0.3 is 59.6 Å². The molecule has 11 heavy (non-hydrogen) atoms. The molecule has 0 saturated heterocycles. The molecule has 68 valence electrons. The third kappa shape index (κ3) is 6.48. The van der Waals surface area contributed by atoms with Crippen LogP contribution in [-0.4, -0.2) is 27.0 Å². The zero-order valence-electron chi connectivity index (χ0n) is 6.18. The van der Waals surface area contributed by atoms with Crippen LogP contribution < -0.4 is 0 Å². The molecule has 0 saturated carbocycles. The monoisotopic (exact) mass is 200 g/mol. The van der Waals surface area contributed by atoms with E-state index in [1.54, 1.807) is 0 Å². The van der Waals surface area contributed by atoms with Crippen LogP contribution in [0.5, 0.6) is 0 Å². The minimum Gasteiger partial charge on any atom is -0.147 e. The molecule has 0 aliphatic rings. The van der Waals surface area contributed by atoms with E-state index < -0.39 is 7.28 Å². The van der Waals surface area contributed by atoms with Crippen molar-refractivity contribution in [2.24, 2.45) is 0 Å². The van der Waals surface area contributed by atoms with E-state index in [1.807, 2.05) is 0 Å². The molecule has 0 aromatic heterocycles. The van der Waals surface area contributed by atoms with E-state index in [1.165, 1.54) is 12.2 Å². The molecule has 0 aliphatic carbocycles. The van der Waals surface area contributed by atoms with E-state index in [2.05, 4.69) is 13.2 Å². The molecule has 0 rings (SSSR count). The van der Waals surface area contributed by atoms with E-state index in [-0.39, 0.29) is 24.7 Å². The van der Waals surface area contributed by atoms with Gasteiger partial charge in [-0.3, -0.25) is 0 Å². The minimum absolute atomic E-state index is 0. The first-order valence-electron chi connectivity index (χ1n) is 2.87. The molecule has 5 heteroatoms. The Morgan fingerprint density at radius 3 is 1.45 bits per heavy atom. The summed E-state index contributed by atoms with van der Waals surface area (Å²) in [5.74, 6) is 0. The van der Waals surface area contributed by atoms with Crippen LogP contribution >= 0.6 is 19.7 Å². The van der Waals surface area contributed by atoms with E-state index in [0.717, 1.165) is 0 Å². The predicted molar refractivity (Wildman–Crippen MR) is 51.0 cm³/mol. The Kier molecular flexibility index (Phi) is 5.20. The second-order valence-corrected chi connectivity index (χ2v) is 5.69. The number of hydrogen-bond acceptors (Lipinski definition) is 3. The molecule has 0 amide bonds. The van der Waals surface area contributed by atoms with Crippen LogP contribution in [0.15, 0.2) is 25.3 Å². The summed E-state index contributed by atoms with van der Waals surface area (Å²) >= 11 is 0. The van der Waals surface area contributed by atoms with Crippen LogP contribution in [0, 0.1) is 0 Å². The third-order valence-corrected chi connectivity index (χ3v) is 3.02. The predicted octanol–water partition coefficient (Wildman–Crippen LogP) is 1.06. The molecular weight excluding hydrogens is 186 g/mol. The van der Waals surface area contributed by atoms with Crippen molar-refractivity contribution in [3.63, 3.8) is 0 Å². The maximum Gasteiger partial charge on any atom is -0.147 e. The van der Waals surface area contributed by atoms with E-state index in [0.29, 0.717) is 0 Å². The summed E-state index contributed by atoms with van der Waals surface area (Å²) in [5, 5.41) is 0. The molecular formula is C6H14ClO3P. The van der Waals surface area contributed by atoms with Gasteiger partial charge in [0.1, 0.15) is 0 Å². The smallest absolute Gasteiger partial charge is 0.147 e. The average molecular weight is 201 g/mol. The molecule has 0 aromatic rings. The van der Waals surface area contributed by atoms with Crippen molar-refractivity contribution in [2.45, 2.75) is 0 Å². The topological polar surface area (TPSA) is 60.7 Å². The quantitative estimate of drug-likeness (QED) is 0.470. The zero-order valence-corrected chi connectivity index (χ0v) is 7.89. The van der Waals surface area contributed by atoms with Gasteiger partial charge in [-0.05, 0) is 0 Å². The second-order valence-electron chi connectivity index (χ2n) is 2.28. The van der Waals surface area contributed by atoms with Crippen LogP contribution in [-0.2, 0) is 0 Å². The Morgan fingerprint density at radius 1 is 1.00 bits per heavy atom. The molecule has 0 fully saturated rings. The summed E-state index contributed by atoms with van der Waals surface area (Å²) in [6, 6.07) is 0. The van der Waals surface area contributed by atoms with E-state index >= 15 is 0 Å². The summed E-state index contributed by atoms with van der Waals surface area (Å²) in [4.78, 5) is 27.2. The maximum absolute atomic E-state index is 9.08. The van der Waals surface area contributed by atoms with E-state index in [9.17, 15) is 0 Å². The van der Waals surface area contributed by atoms with Gasteiger partial charge in [0.25, 0.3) is 0 Å². The standard InChI is InChI=1S/C6H13O3P.ClH/c1-3-5-10(7,8,9)6-4-2;/h3-4,7-9H,1-2,5-6H2;1H. The Morgan fingerprint density at radius 2 is 1.27 bits per heavy atom. The van der Waals surface area contributed by atoms with Gasteiger partial charge in [-0.1, -0.05) is 0 Å². The first kappa shape index (κ1) is 13.7. The second kappa shape index (κ2) is 4.19. The number of rotatable bonds is 4. The summed E-state index contributed by atoms with van der Waals surface area (Å²) < 4.78 is 0. The summed E-state index contributed by atoms with van der Waals surface area (Å²) in [5.41, 5.74) is 0. The molecule has 0 atom stereocenters. The molecule has 0 aliphatic heterocycles. The zero-order chi connectivity index (χ0) is 8.28. The van der Waals surface area contributed by atoms with Crippen molar-refractivity contribution in [1.82, 2.24) is 0 Å². The Hall–Kier alpha value is 0.0800. The number of halogens is 1. The fourth-order valence-corrected chi connectivity index (χ4v) is 1.81. The fraction of sp³-hybridized carbons (Fsp3) is 0.333. The van der Waals surface area contributed by atoms with Crippen LogP contribution in [0.4, 0.5) is 0 Å². The van der Waals surface area contributed by atoms with Gasteiger partial charge in [0.05, 0.1) is 0 Å². The largest absolute Gasteiger partial charge is 0.147 e. The molecule has 3 N–H and O–H groups in total. The molecule has 0 bridgehead atoms. The Balaban J connectivity index is 0. The van der Waals surface area contributed by atoms with Crippen LogP contribution in [0.1, 0.15) is 0 Å². The molecule has 3 nitrogen and oxygen atoms in total. The summed E-state index contributed by atoms with van der Waals surface area (Å²) in [6.45, 7) is 6.58. The molecule has 0 spiro atoms. The first-order chi connectivity index (χ1) is 4.39. The van der Waals surface area contributed by atoms with Gasteiger partial charge in [0.15, 0.2) is 0 Å². The normalized spacial score (nSPS) is 13.9. The maximum atomic E-state index is 9.08. The third-order valence-electron chi connectivity index (χ3n) is 1.01. The minimum atomic E-state index is -4.40. The van der Waals surface area contributed by atoms with Crippen molar-refractivity contribution in [2.75, 3.05) is 12.3 Å². The average Bonchev–Trinajstić information content (AvgIpc) is 1.61. The fourth-order valence-electron chi connectivity index (χ4n) is 0.604. The Labute approximate surface area is 72.7 Å². The van der Waals surface area contributed by atoms with Gasteiger partial charge < -0.3 is 0 Å². The Bertz CT molecular complexity index is 136. The summed E-state index contributed by atoms with van der Waals surface area (Å²) in [6.07, 6.45) is 2.22. The van der Waals surface area contributed by atoms with Crippen molar-refractivity contribution in [3.8, 4) is 0 Å².